The molecule has 1 saturated heterocycles. The van der Waals surface area contributed by atoms with E-state index < -0.39 is 0 Å². The molecular formula is C16H22N6O2. The van der Waals surface area contributed by atoms with Crippen molar-refractivity contribution in [2.45, 2.75) is 25.9 Å². The van der Waals surface area contributed by atoms with E-state index in [4.69, 9.17) is 4.74 Å². The lowest BCUT2D eigenvalue weighted by atomic mass is 10.2. The Labute approximate surface area is 141 Å². The van der Waals surface area contributed by atoms with Crippen LogP contribution in [-0.2, 0) is 6.54 Å². The lowest BCUT2D eigenvalue weighted by molar-refractivity contribution is 0.0738. The third-order valence-corrected chi connectivity index (χ3v) is 4.35. The van der Waals surface area contributed by atoms with Crippen LogP contribution in [0.15, 0.2) is 24.7 Å². The predicted octanol–water partition coefficient (Wildman–Crippen LogP) is 1.05. The first-order chi connectivity index (χ1) is 11.6. The molecule has 1 aliphatic heterocycles. The maximum Gasteiger partial charge on any atom is 0.274 e. The van der Waals surface area contributed by atoms with E-state index in [1.807, 2.05) is 20.2 Å². The molecule has 24 heavy (non-hydrogen) atoms. The smallest absolute Gasteiger partial charge is 0.274 e. The standard InChI is InChI=1S/C16H22N6O2/c1-4-22-10-6-13(19-22)16(23)20(2)12-5-9-21(11-12)14-15(24-3)18-8-7-17-14/h6-8,10,12H,4-5,9,11H2,1-3H3/t12-/m0/s1. The largest absolute Gasteiger partial charge is 0.478 e. The molecule has 1 atom stereocenters. The molecular weight excluding hydrogens is 308 g/mol. The van der Waals surface area contributed by atoms with E-state index in [9.17, 15) is 4.79 Å². The van der Waals surface area contributed by atoms with Crippen molar-refractivity contribution in [3.05, 3.63) is 30.4 Å². The molecule has 3 rings (SSSR count). The van der Waals surface area contributed by atoms with Crippen LogP contribution in [-0.4, -0.2) is 63.8 Å². The highest BCUT2D eigenvalue weighted by molar-refractivity contribution is 5.92. The highest BCUT2D eigenvalue weighted by Gasteiger charge is 2.31. The summed E-state index contributed by atoms with van der Waals surface area (Å²) in [6, 6.07) is 1.87. The van der Waals surface area contributed by atoms with Crippen LogP contribution in [0, 0.1) is 0 Å². The van der Waals surface area contributed by atoms with Crippen LogP contribution in [0.25, 0.3) is 0 Å². The van der Waals surface area contributed by atoms with Crippen LogP contribution < -0.4 is 9.64 Å². The van der Waals surface area contributed by atoms with Crippen molar-refractivity contribution in [1.29, 1.82) is 0 Å². The Kier molecular flexibility index (Phi) is 4.64. The Morgan fingerprint density at radius 3 is 2.92 bits per heavy atom. The number of rotatable bonds is 5. The first kappa shape index (κ1) is 16.2. The minimum Gasteiger partial charge on any atom is -0.478 e. The van der Waals surface area contributed by atoms with Gasteiger partial charge in [0.2, 0.25) is 0 Å². The van der Waals surface area contributed by atoms with Crippen molar-refractivity contribution in [3.8, 4) is 5.88 Å². The van der Waals surface area contributed by atoms with Crippen LogP contribution in [0.5, 0.6) is 5.88 Å². The molecule has 1 amide bonds. The normalized spacial score (nSPS) is 17.1. The molecule has 3 heterocycles. The van der Waals surface area contributed by atoms with Crippen LogP contribution in [0.3, 0.4) is 0 Å². The molecule has 8 heteroatoms. The molecule has 0 unspecified atom stereocenters. The lowest BCUT2D eigenvalue weighted by Gasteiger charge is -2.24. The summed E-state index contributed by atoms with van der Waals surface area (Å²) in [6.07, 6.45) is 5.95. The molecule has 0 radical (unpaired) electrons. The molecule has 8 nitrogen and oxygen atoms in total. The van der Waals surface area contributed by atoms with Gasteiger partial charge in [0.15, 0.2) is 5.82 Å². The van der Waals surface area contributed by atoms with E-state index in [-0.39, 0.29) is 11.9 Å². The third kappa shape index (κ3) is 3.04. The van der Waals surface area contributed by atoms with Crippen LogP contribution in [0.4, 0.5) is 5.82 Å². The highest BCUT2D eigenvalue weighted by atomic mass is 16.5. The number of amides is 1. The molecule has 0 bridgehead atoms. The van der Waals surface area contributed by atoms with Gasteiger partial charge >= 0.3 is 0 Å². The van der Waals surface area contributed by atoms with Crippen LogP contribution in [0.1, 0.15) is 23.8 Å². The molecule has 0 aliphatic carbocycles. The first-order valence-corrected chi connectivity index (χ1v) is 8.04. The number of hydrogen-bond acceptors (Lipinski definition) is 6. The highest BCUT2D eigenvalue weighted by Crippen LogP contribution is 2.27. The second-order valence-electron chi connectivity index (χ2n) is 5.75. The Bertz CT molecular complexity index is 716. The Morgan fingerprint density at radius 2 is 2.21 bits per heavy atom. The zero-order chi connectivity index (χ0) is 17.1. The van der Waals surface area contributed by atoms with Gasteiger partial charge in [-0.15, -0.1) is 0 Å². The van der Waals surface area contributed by atoms with Crippen molar-refractivity contribution in [1.82, 2.24) is 24.6 Å². The topological polar surface area (TPSA) is 76.4 Å². The fraction of sp³-hybridized carbons (Fsp3) is 0.500. The predicted molar refractivity (Wildman–Crippen MR) is 89.2 cm³/mol. The SMILES string of the molecule is CCn1ccc(C(=O)N(C)[C@H]2CCN(c3nccnc3OC)C2)n1. The van der Waals surface area contributed by atoms with Gasteiger partial charge in [0.05, 0.1) is 13.2 Å². The second-order valence-corrected chi connectivity index (χ2v) is 5.75. The van der Waals surface area contributed by atoms with Crippen molar-refractivity contribution in [3.63, 3.8) is 0 Å². The minimum atomic E-state index is -0.0554. The number of aromatic nitrogens is 4. The zero-order valence-electron chi connectivity index (χ0n) is 14.2. The molecule has 128 valence electrons. The fourth-order valence-corrected chi connectivity index (χ4v) is 2.93. The van der Waals surface area contributed by atoms with E-state index in [0.29, 0.717) is 18.1 Å². The number of anilines is 1. The van der Waals surface area contributed by atoms with E-state index >= 15 is 0 Å². The van der Waals surface area contributed by atoms with Crippen molar-refractivity contribution < 1.29 is 9.53 Å². The monoisotopic (exact) mass is 330 g/mol. The van der Waals surface area contributed by atoms with Gasteiger partial charge in [0.25, 0.3) is 11.8 Å². The molecule has 1 fully saturated rings. The Morgan fingerprint density at radius 1 is 1.42 bits per heavy atom. The summed E-state index contributed by atoms with van der Waals surface area (Å²) in [7, 11) is 3.41. The number of hydrogen-bond donors (Lipinski definition) is 0. The molecule has 0 spiro atoms. The maximum absolute atomic E-state index is 12.6. The van der Waals surface area contributed by atoms with E-state index in [2.05, 4.69) is 20.0 Å². The second kappa shape index (κ2) is 6.86. The molecule has 2 aromatic heterocycles. The Hall–Kier alpha value is -2.64. The third-order valence-electron chi connectivity index (χ3n) is 4.35. The van der Waals surface area contributed by atoms with Crippen molar-refractivity contribution >= 4 is 11.7 Å². The number of carbonyl (C=O) groups excluding carboxylic acids is 1. The number of methoxy groups -OCH3 is 1. The Balaban J connectivity index is 1.69. The average molecular weight is 330 g/mol. The number of carbonyl (C=O) groups is 1. The number of ether oxygens (including phenoxy) is 1. The van der Waals surface area contributed by atoms with Gasteiger partial charge in [-0.1, -0.05) is 0 Å². The van der Waals surface area contributed by atoms with Gasteiger partial charge in [-0.3, -0.25) is 9.48 Å². The van der Waals surface area contributed by atoms with Gasteiger partial charge in [0.1, 0.15) is 5.69 Å². The summed E-state index contributed by atoms with van der Waals surface area (Å²) in [5.41, 5.74) is 0.481. The summed E-state index contributed by atoms with van der Waals surface area (Å²) in [5, 5.41) is 4.30. The number of nitrogens with zero attached hydrogens (tertiary/aromatic N) is 6. The summed E-state index contributed by atoms with van der Waals surface area (Å²) in [4.78, 5) is 25.0. The first-order valence-electron chi connectivity index (χ1n) is 8.04. The van der Waals surface area contributed by atoms with Gasteiger partial charge < -0.3 is 14.5 Å². The van der Waals surface area contributed by atoms with Crippen LogP contribution >= 0.6 is 0 Å². The maximum atomic E-state index is 12.6. The van der Waals surface area contributed by atoms with E-state index in [1.54, 1.807) is 35.2 Å². The van der Waals surface area contributed by atoms with Gasteiger partial charge in [-0.25, -0.2) is 9.97 Å². The van der Waals surface area contributed by atoms with Crippen molar-refractivity contribution in [2.75, 3.05) is 32.1 Å². The van der Waals surface area contributed by atoms with Gasteiger partial charge in [-0.05, 0) is 19.4 Å². The van der Waals surface area contributed by atoms with Gasteiger partial charge in [-0.2, -0.15) is 5.10 Å². The summed E-state index contributed by atoms with van der Waals surface area (Å²) in [5.74, 6) is 1.17. The molecule has 0 aromatic carbocycles. The summed E-state index contributed by atoms with van der Waals surface area (Å²) < 4.78 is 7.03. The van der Waals surface area contributed by atoms with E-state index in [0.717, 1.165) is 25.3 Å². The summed E-state index contributed by atoms with van der Waals surface area (Å²) in [6.45, 7) is 4.25. The quantitative estimate of drug-likeness (QED) is 0.816. The minimum absolute atomic E-state index is 0.0554. The van der Waals surface area contributed by atoms with Gasteiger partial charge in [0, 0.05) is 45.3 Å². The number of aryl methyl sites for hydroxylation is 1. The van der Waals surface area contributed by atoms with Crippen molar-refractivity contribution in [2.24, 2.45) is 0 Å². The van der Waals surface area contributed by atoms with E-state index in [1.165, 1.54) is 0 Å². The molecule has 2 aromatic rings. The summed E-state index contributed by atoms with van der Waals surface area (Å²) >= 11 is 0. The van der Waals surface area contributed by atoms with Crippen LogP contribution in [0.2, 0.25) is 0 Å². The molecule has 1 aliphatic rings. The molecule has 0 saturated carbocycles. The fourth-order valence-electron chi connectivity index (χ4n) is 2.93. The lowest BCUT2D eigenvalue weighted by Crippen LogP contribution is -2.39. The molecule has 0 N–H and O–H groups in total. The number of likely N-dealkylation sites (N-methyl/N-ethyl adjacent to an activating group) is 1. The zero-order valence-corrected chi connectivity index (χ0v) is 14.2. The average Bonchev–Trinajstić information content (AvgIpc) is 3.29.